The molecule has 3 rings (SSSR count). The number of aromatic carboxylic acids is 1. The first-order valence-electron chi connectivity index (χ1n) is 9.06. The maximum atomic E-state index is 12.3. The highest BCUT2D eigenvalue weighted by Gasteiger charge is 2.21. The number of aliphatic hydroxyl groups is 2. The van der Waals surface area contributed by atoms with Gasteiger partial charge < -0.3 is 30.4 Å². The van der Waals surface area contributed by atoms with Gasteiger partial charge in [0.15, 0.2) is 0 Å². The van der Waals surface area contributed by atoms with E-state index < -0.39 is 35.3 Å². The van der Waals surface area contributed by atoms with Gasteiger partial charge in [-0.3, -0.25) is 4.79 Å². The number of nitrogens with one attached hydrogen (secondary N) is 2. The number of pyridine rings is 1. The van der Waals surface area contributed by atoms with E-state index in [1.807, 2.05) is 18.2 Å². The Morgan fingerprint density at radius 1 is 1.10 bits per heavy atom. The van der Waals surface area contributed by atoms with E-state index in [2.05, 4.69) is 10.3 Å². The van der Waals surface area contributed by atoms with Crippen LogP contribution >= 0.6 is 0 Å². The average Bonchev–Trinajstić information content (AvgIpc) is 2.76. The number of carbonyl (C=O) groups is 2. The number of alkyl carbamates (subject to hydrolysis) is 1. The van der Waals surface area contributed by atoms with Crippen LogP contribution in [0.2, 0.25) is 0 Å². The number of carboxylic acid groups (broad SMARTS) is 1. The lowest BCUT2D eigenvalue weighted by atomic mass is 10.0. The number of benzene rings is 2. The first-order valence-corrected chi connectivity index (χ1v) is 9.06. The molecule has 5 N–H and O–H groups in total. The van der Waals surface area contributed by atoms with Crippen LogP contribution in [-0.2, 0) is 11.3 Å². The summed E-state index contributed by atoms with van der Waals surface area (Å²) in [6.07, 6.45) is -2.46. The van der Waals surface area contributed by atoms with Crippen LogP contribution in [0.5, 0.6) is 0 Å². The average molecular weight is 412 g/mol. The van der Waals surface area contributed by atoms with Crippen LogP contribution < -0.4 is 10.7 Å². The zero-order valence-electron chi connectivity index (χ0n) is 15.7. The number of ether oxygens (including phenoxy) is 1. The van der Waals surface area contributed by atoms with E-state index in [1.54, 1.807) is 12.1 Å². The van der Waals surface area contributed by atoms with Crippen molar-refractivity contribution >= 4 is 23.0 Å². The Bertz CT molecular complexity index is 1110. The van der Waals surface area contributed by atoms with E-state index in [-0.39, 0.29) is 24.1 Å². The normalized spacial score (nSPS) is 12.9. The molecule has 2 unspecified atom stereocenters. The van der Waals surface area contributed by atoms with E-state index in [0.29, 0.717) is 5.52 Å². The number of carbonyl (C=O) groups excluding carboxylic acids is 1. The van der Waals surface area contributed by atoms with Crippen molar-refractivity contribution in [2.75, 3.05) is 6.54 Å². The van der Waals surface area contributed by atoms with Crippen LogP contribution in [0.3, 0.4) is 0 Å². The SMILES string of the molecule is O=C(NCC(O)C(O)c1ccc2[nH]cc(C(=O)O)c(=O)c2c1)OCc1ccccc1. The predicted molar refractivity (Wildman–Crippen MR) is 107 cm³/mol. The van der Waals surface area contributed by atoms with Gasteiger partial charge in [-0.2, -0.15) is 0 Å². The summed E-state index contributed by atoms with van der Waals surface area (Å²) in [4.78, 5) is 37.9. The van der Waals surface area contributed by atoms with Gasteiger partial charge in [-0.25, -0.2) is 9.59 Å². The van der Waals surface area contributed by atoms with Crippen LogP contribution in [0.15, 0.2) is 59.5 Å². The quantitative estimate of drug-likeness (QED) is 0.395. The molecule has 0 aliphatic rings. The molecule has 9 heteroatoms. The Morgan fingerprint density at radius 2 is 1.83 bits per heavy atom. The van der Waals surface area contributed by atoms with Gasteiger partial charge in [0.1, 0.15) is 24.4 Å². The number of hydrogen-bond acceptors (Lipinski definition) is 6. The fraction of sp³-hybridized carbons (Fsp3) is 0.190. The minimum absolute atomic E-state index is 0.0602. The van der Waals surface area contributed by atoms with Crippen molar-refractivity contribution in [3.63, 3.8) is 0 Å². The first-order chi connectivity index (χ1) is 14.4. The zero-order chi connectivity index (χ0) is 21.7. The smallest absolute Gasteiger partial charge is 0.407 e. The molecule has 0 saturated carbocycles. The summed E-state index contributed by atoms with van der Waals surface area (Å²) in [7, 11) is 0. The third kappa shape index (κ3) is 4.83. The van der Waals surface area contributed by atoms with E-state index in [1.165, 1.54) is 18.2 Å². The summed E-state index contributed by atoms with van der Waals surface area (Å²) in [5, 5.41) is 32.0. The standard InChI is InChI=1S/C21H20N2O7/c24-17(10-23-21(29)30-11-12-4-2-1-3-5-12)18(25)13-6-7-16-14(8-13)19(26)15(9-22-16)20(27)28/h1-9,17-18,24-25H,10-11H2,(H,22,26)(H,23,29)(H,27,28). The highest BCUT2D eigenvalue weighted by Crippen LogP contribution is 2.20. The molecule has 1 heterocycles. The third-order valence-electron chi connectivity index (χ3n) is 4.51. The molecule has 1 aromatic heterocycles. The van der Waals surface area contributed by atoms with Gasteiger partial charge in [-0.1, -0.05) is 36.4 Å². The third-order valence-corrected chi connectivity index (χ3v) is 4.51. The fourth-order valence-electron chi connectivity index (χ4n) is 2.87. The largest absolute Gasteiger partial charge is 0.477 e. The monoisotopic (exact) mass is 412 g/mol. The minimum Gasteiger partial charge on any atom is -0.477 e. The lowest BCUT2D eigenvalue weighted by Gasteiger charge is -2.19. The second-order valence-electron chi connectivity index (χ2n) is 6.60. The van der Waals surface area contributed by atoms with E-state index in [9.17, 15) is 24.6 Å². The van der Waals surface area contributed by atoms with Crippen LogP contribution in [-0.4, -0.2) is 45.0 Å². The zero-order valence-corrected chi connectivity index (χ0v) is 15.7. The summed E-state index contributed by atoms with van der Waals surface area (Å²) < 4.78 is 5.03. The Morgan fingerprint density at radius 3 is 2.53 bits per heavy atom. The molecule has 0 radical (unpaired) electrons. The van der Waals surface area contributed by atoms with Crippen molar-refractivity contribution < 1.29 is 29.6 Å². The summed E-state index contributed by atoms with van der Waals surface area (Å²) in [5.74, 6) is -1.37. The van der Waals surface area contributed by atoms with Gasteiger partial charge in [0.25, 0.3) is 0 Å². The number of hydrogen-bond donors (Lipinski definition) is 5. The molecule has 0 aliphatic heterocycles. The van der Waals surface area contributed by atoms with Crippen molar-refractivity contribution in [1.82, 2.24) is 10.3 Å². The molecule has 2 atom stereocenters. The lowest BCUT2D eigenvalue weighted by Crippen LogP contribution is -2.35. The van der Waals surface area contributed by atoms with Crippen molar-refractivity contribution in [3.05, 3.63) is 81.6 Å². The lowest BCUT2D eigenvalue weighted by molar-refractivity contribution is 0.0185. The predicted octanol–water partition coefficient (Wildman–Crippen LogP) is 1.55. The maximum Gasteiger partial charge on any atom is 0.407 e. The van der Waals surface area contributed by atoms with Gasteiger partial charge in [0.05, 0.1) is 0 Å². The second kappa shape index (κ2) is 9.21. The number of H-pyrrole nitrogens is 1. The number of rotatable bonds is 7. The fourth-order valence-corrected chi connectivity index (χ4v) is 2.87. The number of aliphatic hydroxyl groups excluding tert-OH is 2. The van der Waals surface area contributed by atoms with Crippen molar-refractivity contribution in [1.29, 1.82) is 0 Å². The molecule has 156 valence electrons. The summed E-state index contributed by atoms with van der Waals surface area (Å²) in [6.45, 7) is -0.233. The van der Waals surface area contributed by atoms with E-state index in [4.69, 9.17) is 9.84 Å². The highest BCUT2D eigenvalue weighted by atomic mass is 16.5. The van der Waals surface area contributed by atoms with Gasteiger partial charge in [0.2, 0.25) is 5.43 Å². The van der Waals surface area contributed by atoms with Crippen molar-refractivity contribution in [2.24, 2.45) is 0 Å². The van der Waals surface area contributed by atoms with Crippen LogP contribution in [0.1, 0.15) is 27.6 Å². The molecule has 0 bridgehead atoms. The second-order valence-corrected chi connectivity index (χ2v) is 6.60. The number of aromatic amines is 1. The summed E-state index contributed by atoms with van der Waals surface area (Å²) in [6, 6.07) is 13.3. The summed E-state index contributed by atoms with van der Waals surface area (Å²) >= 11 is 0. The van der Waals surface area contributed by atoms with Crippen LogP contribution in [0.4, 0.5) is 4.79 Å². The molecule has 0 fully saturated rings. The number of fused-ring (bicyclic) bond motifs is 1. The molecule has 30 heavy (non-hydrogen) atoms. The first kappa shape index (κ1) is 21.0. The topological polar surface area (TPSA) is 149 Å². The Balaban J connectivity index is 1.63. The maximum absolute atomic E-state index is 12.3. The molecule has 0 spiro atoms. The molecule has 9 nitrogen and oxygen atoms in total. The number of carboxylic acids is 1. The Kier molecular flexibility index (Phi) is 6.45. The van der Waals surface area contributed by atoms with E-state index >= 15 is 0 Å². The molecule has 3 aromatic rings. The number of amides is 1. The Labute approximate surface area is 170 Å². The van der Waals surface area contributed by atoms with Crippen molar-refractivity contribution in [3.8, 4) is 0 Å². The van der Waals surface area contributed by atoms with Crippen LogP contribution in [0, 0.1) is 0 Å². The van der Waals surface area contributed by atoms with Gasteiger partial charge in [-0.05, 0) is 23.3 Å². The van der Waals surface area contributed by atoms with Crippen molar-refractivity contribution in [2.45, 2.75) is 18.8 Å². The Hall–Kier alpha value is -3.69. The molecular formula is C21H20N2O7. The molecule has 0 aliphatic carbocycles. The van der Waals surface area contributed by atoms with Gasteiger partial charge in [0, 0.05) is 23.6 Å². The molecule has 0 saturated heterocycles. The highest BCUT2D eigenvalue weighted by molar-refractivity contribution is 5.92. The molecular weight excluding hydrogens is 392 g/mol. The van der Waals surface area contributed by atoms with Crippen LogP contribution in [0.25, 0.3) is 10.9 Å². The van der Waals surface area contributed by atoms with E-state index in [0.717, 1.165) is 11.8 Å². The number of aromatic nitrogens is 1. The van der Waals surface area contributed by atoms with Gasteiger partial charge >= 0.3 is 12.1 Å². The summed E-state index contributed by atoms with van der Waals surface area (Å²) in [5.41, 5.74) is 0.246. The molecule has 1 amide bonds. The van der Waals surface area contributed by atoms with Gasteiger partial charge in [-0.15, -0.1) is 0 Å². The minimum atomic E-state index is -1.42. The molecule has 2 aromatic carbocycles.